The molecule has 0 spiro atoms. The summed E-state index contributed by atoms with van der Waals surface area (Å²) in [5.41, 5.74) is 1.94. The average molecular weight is 339 g/mol. The number of anilines is 1. The zero-order chi connectivity index (χ0) is 17.2. The lowest BCUT2D eigenvalue weighted by molar-refractivity contribution is 0.352. The van der Waals surface area contributed by atoms with Gasteiger partial charge in [-0.3, -0.25) is 0 Å². The Morgan fingerprint density at radius 3 is 2.72 bits per heavy atom. The highest BCUT2D eigenvalue weighted by Gasteiger charge is 2.23. The molecular weight excluding hydrogens is 322 g/mol. The van der Waals surface area contributed by atoms with Crippen LogP contribution in [-0.4, -0.2) is 40.2 Å². The summed E-state index contributed by atoms with van der Waals surface area (Å²) >= 11 is 0. The maximum atomic E-state index is 5.55. The molecule has 3 aromatic rings. The Hall–Kier alpha value is -3.16. The summed E-state index contributed by atoms with van der Waals surface area (Å²) in [7, 11) is 3.04. The van der Waals surface area contributed by atoms with Crippen LogP contribution in [0.5, 0.6) is 11.9 Å². The maximum Gasteiger partial charge on any atom is 0.320 e. The number of nitrogens with zero attached hydrogens (tertiary/aromatic N) is 4. The second-order valence-corrected chi connectivity index (χ2v) is 5.63. The normalized spacial score (nSPS) is 13.5. The molecule has 0 atom stereocenters. The Morgan fingerprint density at radius 1 is 1.16 bits per heavy atom. The van der Waals surface area contributed by atoms with E-state index in [9.17, 15) is 0 Å². The number of methoxy groups -OCH3 is 2. The summed E-state index contributed by atoms with van der Waals surface area (Å²) in [5, 5.41) is 3.30. The van der Waals surface area contributed by atoms with Crippen LogP contribution in [0.15, 0.2) is 35.1 Å². The molecule has 0 bridgehead atoms. The first-order valence-corrected chi connectivity index (χ1v) is 7.91. The van der Waals surface area contributed by atoms with E-state index in [1.54, 1.807) is 18.5 Å². The van der Waals surface area contributed by atoms with Crippen molar-refractivity contribution in [3.63, 3.8) is 0 Å². The molecule has 1 fully saturated rings. The van der Waals surface area contributed by atoms with Crippen molar-refractivity contribution in [2.45, 2.75) is 18.9 Å². The number of ether oxygens (including phenoxy) is 2. The molecule has 0 saturated heterocycles. The molecule has 8 nitrogen and oxygen atoms in total. The third-order valence-electron chi connectivity index (χ3n) is 3.80. The molecule has 1 aliphatic rings. The van der Waals surface area contributed by atoms with Gasteiger partial charge in [-0.15, -0.1) is 0 Å². The largest absolute Gasteiger partial charge is 0.481 e. The number of nitrogens with one attached hydrogen (secondary N) is 1. The third-order valence-corrected chi connectivity index (χ3v) is 3.80. The van der Waals surface area contributed by atoms with Crippen LogP contribution in [0.25, 0.3) is 22.7 Å². The zero-order valence-electron chi connectivity index (χ0n) is 13.9. The highest BCUT2D eigenvalue weighted by Crippen LogP contribution is 2.33. The molecule has 1 N–H and O–H groups in total. The molecule has 4 rings (SSSR count). The number of rotatable bonds is 6. The first kappa shape index (κ1) is 15.4. The van der Waals surface area contributed by atoms with Gasteiger partial charge in [0.25, 0.3) is 0 Å². The van der Waals surface area contributed by atoms with Gasteiger partial charge in [0.15, 0.2) is 5.76 Å². The Bertz CT molecular complexity index is 856. The van der Waals surface area contributed by atoms with E-state index in [0.29, 0.717) is 40.6 Å². The zero-order valence-corrected chi connectivity index (χ0v) is 13.9. The van der Waals surface area contributed by atoms with Gasteiger partial charge in [0.2, 0.25) is 11.8 Å². The monoisotopic (exact) mass is 339 g/mol. The van der Waals surface area contributed by atoms with Crippen molar-refractivity contribution in [1.29, 1.82) is 0 Å². The minimum atomic E-state index is 0.208. The van der Waals surface area contributed by atoms with Gasteiger partial charge in [0, 0.05) is 23.9 Å². The molecule has 1 saturated carbocycles. The SMILES string of the molecule is COc1cc(-c2cnc(NC3CC3)nc2-c2ccco2)nc(OC)n1. The van der Waals surface area contributed by atoms with Crippen LogP contribution in [0.1, 0.15) is 12.8 Å². The molecule has 0 radical (unpaired) electrons. The van der Waals surface area contributed by atoms with Gasteiger partial charge in [-0.2, -0.15) is 9.97 Å². The maximum absolute atomic E-state index is 5.55. The highest BCUT2D eigenvalue weighted by atomic mass is 16.5. The lowest BCUT2D eigenvalue weighted by Gasteiger charge is -2.11. The topological polar surface area (TPSA) is 95.2 Å². The molecule has 1 aliphatic carbocycles. The second-order valence-electron chi connectivity index (χ2n) is 5.63. The minimum Gasteiger partial charge on any atom is -0.481 e. The van der Waals surface area contributed by atoms with E-state index >= 15 is 0 Å². The summed E-state index contributed by atoms with van der Waals surface area (Å²) in [6.07, 6.45) is 5.61. The van der Waals surface area contributed by atoms with Crippen molar-refractivity contribution in [1.82, 2.24) is 19.9 Å². The van der Waals surface area contributed by atoms with Crippen LogP contribution in [-0.2, 0) is 0 Å². The van der Waals surface area contributed by atoms with Gasteiger partial charge in [-0.05, 0) is 25.0 Å². The van der Waals surface area contributed by atoms with E-state index in [1.807, 2.05) is 12.1 Å². The summed E-state index contributed by atoms with van der Waals surface area (Å²) in [6, 6.07) is 6.04. The quantitative estimate of drug-likeness (QED) is 0.732. The van der Waals surface area contributed by atoms with E-state index < -0.39 is 0 Å². The second kappa shape index (κ2) is 6.39. The number of hydrogen-bond acceptors (Lipinski definition) is 8. The predicted molar refractivity (Wildman–Crippen MR) is 90.5 cm³/mol. The first-order valence-electron chi connectivity index (χ1n) is 7.91. The van der Waals surface area contributed by atoms with E-state index in [1.165, 1.54) is 14.2 Å². The molecule has 25 heavy (non-hydrogen) atoms. The van der Waals surface area contributed by atoms with Gasteiger partial charge in [-0.25, -0.2) is 9.97 Å². The van der Waals surface area contributed by atoms with Crippen molar-refractivity contribution in [2.24, 2.45) is 0 Å². The van der Waals surface area contributed by atoms with Crippen LogP contribution in [0.4, 0.5) is 5.95 Å². The van der Waals surface area contributed by atoms with Crippen LogP contribution in [0.3, 0.4) is 0 Å². The summed E-state index contributed by atoms with van der Waals surface area (Å²) in [5.74, 6) is 1.60. The molecule has 3 heterocycles. The smallest absolute Gasteiger partial charge is 0.320 e. The van der Waals surface area contributed by atoms with Crippen molar-refractivity contribution >= 4 is 5.95 Å². The van der Waals surface area contributed by atoms with Gasteiger partial charge in [-0.1, -0.05) is 0 Å². The average Bonchev–Trinajstić information content (AvgIpc) is 3.30. The molecular formula is C17H17N5O3. The summed E-state index contributed by atoms with van der Waals surface area (Å²) in [6.45, 7) is 0. The molecule has 0 amide bonds. The highest BCUT2D eigenvalue weighted by molar-refractivity contribution is 5.77. The standard InChI is InChI=1S/C17H17N5O3/c1-23-14-8-12(20-17(21-14)24-2)11-9-18-16(19-10-5-6-10)22-15(11)13-4-3-7-25-13/h3-4,7-10H,5-6H2,1-2H3,(H,18,19,22). The van der Waals surface area contributed by atoms with E-state index in [2.05, 4.69) is 25.3 Å². The molecule has 0 unspecified atom stereocenters. The Labute approximate surface area is 144 Å². The van der Waals surface area contributed by atoms with Gasteiger partial charge < -0.3 is 19.2 Å². The van der Waals surface area contributed by atoms with E-state index in [-0.39, 0.29) is 6.01 Å². The van der Waals surface area contributed by atoms with Crippen molar-refractivity contribution in [3.8, 4) is 34.6 Å². The summed E-state index contributed by atoms with van der Waals surface area (Å²) < 4.78 is 15.9. The first-order chi connectivity index (χ1) is 12.3. The van der Waals surface area contributed by atoms with Crippen LogP contribution in [0, 0.1) is 0 Å². The van der Waals surface area contributed by atoms with Gasteiger partial charge >= 0.3 is 6.01 Å². The minimum absolute atomic E-state index is 0.208. The molecule has 0 aliphatic heterocycles. The third kappa shape index (κ3) is 3.23. The number of aromatic nitrogens is 4. The fourth-order valence-electron chi connectivity index (χ4n) is 2.39. The van der Waals surface area contributed by atoms with Crippen molar-refractivity contribution in [2.75, 3.05) is 19.5 Å². The Morgan fingerprint density at radius 2 is 2.04 bits per heavy atom. The van der Waals surface area contributed by atoms with Gasteiger partial charge in [0.1, 0.15) is 5.69 Å². The Balaban J connectivity index is 1.83. The lowest BCUT2D eigenvalue weighted by Crippen LogP contribution is -2.07. The Kier molecular flexibility index (Phi) is 3.93. The molecule has 8 heteroatoms. The molecule has 128 valence electrons. The van der Waals surface area contributed by atoms with E-state index in [4.69, 9.17) is 13.9 Å². The van der Waals surface area contributed by atoms with Gasteiger partial charge in [0.05, 0.1) is 26.2 Å². The van der Waals surface area contributed by atoms with Crippen molar-refractivity contribution < 1.29 is 13.9 Å². The number of hydrogen-bond donors (Lipinski definition) is 1. The molecule has 3 aromatic heterocycles. The van der Waals surface area contributed by atoms with E-state index in [0.717, 1.165) is 12.8 Å². The fraction of sp³-hybridized carbons (Fsp3) is 0.294. The van der Waals surface area contributed by atoms with Crippen LogP contribution < -0.4 is 14.8 Å². The fourth-order valence-corrected chi connectivity index (χ4v) is 2.39. The lowest BCUT2D eigenvalue weighted by atomic mass is 10.1. The predicted octanol–water partition coefficient (Wildman–Crippen LogP) is 2.79. The molecule has 0 aromatic carbocycles. The summed E-state index contributed by atoms with van der Waals surface area (Å²) in [4.78, 5) is 17.5. The van der Waals surface area contributed by atoms with Crippen LogP contribution >= 0.6 is 0 Å². The van der Waals surface area contributed by atoms with Crippen LogP contribution in [0.2, 0.25) is 0 Å². The van der Waals surface area contributed by atoms with Crippen molar-refractivity contribution in [3.05, 3.63) is 30.7 Å². The number of furan rings is 1.